The van der Waals surface area contributed by atoms with Crippen molar-refractivity contribution in [2.75, 3.05) is 19.8 Å². The van der Waals surface area contributed by atoms with Gasteiger partial charge < -0.3 is 14.7 Å². The standard InChI is InChI=1S/C10H17NO3/c12-7-8-3-1-5-11(8)10(13)9-4-2-6-14-9/h8-9,12H,1-7H2/t8?,9-/m0/s1. The van der Waals surface area contributed by atoms with E-state index in [-0.39, 0.29) is 24.7 Å². The van der Waals surface area contributed by atoms with Crippen molar-refractivity contribution in [3.05, 3.63) is 0 Å². The van der Waals surface area contributed by atoms with E-state index in [9.17, 15) is 4.79 Å². The second-order valence-electron chi connectivity index (χ2n) is 4.01. The molecule has 2 heterocycles. The van der Waals surface area contributed by atoms with Gasteiger partial charge in [0, 0.05) is 13.2 Å². The third-order valence-electron chi connectivity index (χ3n) is 3.08. The molecule has 2 fully saturated rings. The number of ether oxygens (including phenoxy) is 1. The summed E-state index contributed by atoms with van der Waals surface area (Å²) in [7, 11) is 0. The molecule has 14 heavy (non-hydrogen) atoms. The summed E-state index contributed by atoms with van der Waals surface area (Å²) in [5.41, 5.74) is 0. The molecule has 0 radical (unpaired) electrons. The van der Waals surface area contributed by atoms with Crippen LogP contribution in [0.15, 0.2) is 0 Å². The highest BCUT2D eigenvalue weighted by atomic mass is 16.5. The van der Waals surface area contributed by atoms with Crippen LogP contribution in [-0.2, 0) is 9.53 Å². The van der Waals surface area contributed by atoms with Crippen molar-refractivity contribution >= 4 is 5.91 Å². The van der Waals surface area contributed by atoms with Crippen molar-refractivity contribution in [1.82, 2.24) is 4.90 Å². The van der Waals surface area contributed by atoms with E-state index in [0.29, 0.717) is 6.61 Å². The molecule has 2 aliphatic rings. The van der Waals surface area contributed by atoms with Crippen LogP contribution in [0, 0.1) is 0 Å². The number of carbonyl (C=O) groups is 1. The van der Waals surface area contributed by atoms with Crippen LogP contribution in [0.5, 0.6) is 0 Å². The Labute approximate surface area is 83.8 Å². The largest absolute Gasteiger partial charge is 0.394 e. The minimum atomic E-state index is -0.234. The Morgan fingerprint density at radius 2 is 2.29 bits per heavy atom. The number of amides is 1. The van der Waals surface area contributed by atoms with Gasteiger partial charge in [0.25, 0.3) is 5.91 Å². The van der Waals surface area contributed by atoms with Crippen LogP contribution in [0.1, 0.15) is 25.7 Å². The first-order valence-corrected chi connectivity index (χ1v) is 5.36. The monoisotopic (exact) mass is 199 g/mol. The van der Waals surface area contributed by atoms with Crippen molar-refractivity contribution in [2.24, 2.45) is 0 Å². The Bertz CT molecular complexity index is 213. The van der Waals surface area contributed by atoms with E-state index in [0.717, 1.165) is 32.2 Å². The van der Waals surface area contributed by atoms with Gasteiger partial charge in [-0.15, -0.1) is 0 Å². The van der Waals surface area contributed by atoms with Crippen LogP contribution < -0.4 is 0 Å². The lowest BCUT2D eigenvalue weighted by molar-refractivity contribution is -0.142. The average Bonchev–Trinajstić information content (AvgIpc) is 2.87. The zero-order valence-electron chi connectivity index (χ0n) is 8.32. The lowest BCUT2D eigenvalue weighted by Gasteiger charge is -2.25. The molecule has 80 valence electrons. The molecule has 2 atom stereocenters. The highest BCUT2D eigenvalue weighted by Gasteiger charge is 2.34. The summed E-state index contributed by atoms with van der Waals surface area (Å²) in [5.74, 6) is 0.0825. The fraction of sp³-hybridized carbons (Fsp3) is 0.900. The maximum Gasteiger partial charge on any atom is 0.252 e. The molecule has 0 bridgehead atoms. The number of aliphatic hydroxyl groups is 1. The van der Waals surface area contributed by atoms with Gasteiger partial charge in [0.15, 0.2) is 0 Å². The zero-order valence-corrected chi connectivity index (χ0v) is 8.32. The topological polar surface area (TPSA) is 49.8 Å². The first kappa shape index (κ1) is 9.93. The van der Waals surface area contributed by atoms with E-state index < -0.39 is 0 Å². The van der Waals surface area contributed by atoms with E-state index in [1.54, 1.807) is 4.90 Å². The first-order chi connectivity index (χ1) is 6.83. The van der Waals surface area contributed by atoms with Crippen molar-refractivity contribution < 1.29 is 14.6 Å². The zero-order chi connectivity index (χ0) is 9.97. The number of aliphatic hydroxyl groups excluding tert-OH is 1. The molecular formula is C10H17NO3. The predicted octanol–water partition coefficient (Wildman–Crippen LogP) is 0.149. The van der Waals surface area contributed by atoms with Gasteiger partial charge in [-0.05, 0) is 25.7 Å². The quantitative estimate of drug-likeness (QED) is 0.688. The van der Waals surface area contributed by atoms with E-state index in [1.165, 1.54) is 0 Å². The second-order valence-corrected chi connectivity index (χ2v) is 4.01. The minimum Gasteiger partial charge on any atom is -0.394 e. The molecule has 4 nitrogen and oxygen atoms in total. The molecule has 0 aromatic heterocycles. The fourth-order valence-electron chi connectivity index (χ4n) is 2.27. The van der Waals surface area contributed by atoms with E-state index in [2.05, 4.69) is 0 Å². The Balaban J connectivity index is 1.95. The molecule has 2 aliphatic heterocycles. The van der Waals surface area contributed by atoms with Gasteiger partial charge in [0.05, 0.1) is 12.6 Å². The summed E-state index contributed by atoms with van der Waals surface area (Å²) in [6.07, 6.45) is 3.52. The molecule has 1 unspecified atom stereocenters. The molecule has 0 aromatic carbocycles. The van der Waals surface area contributed by atoms with Crippen LogP contribution in [0.4, 0.5) is 0 Å². The van der Waals surface area contributed by atoms with Gasteiger partial charge in [-0.2, -0.15) is 0 Å². The summed E-state index contributed by atoms with van der Waals surface area (Å²) >= 11 is 0. The summed E-state index contributed by atoms with van der Waals surface area (Å²) in [6, 6.07) is 0.0340. The van der Waals surface area contributed by atoms with Gasteiger partial charge in [-0.1, -0.05) is 0 Å². The molecule has 0 aliphatic carbocycles. The lowest BCUT2D eigenvalue weighted by Crippen LogP contribution is -2.43. The van der Waals surface area contributed by atoms with Crippen molar-refractivity contribution in [3.63, 3.8) is 0 Å². The van der Waals surface area contributed by atoms with E-state index >= 15 is 0 Å². The summed E-state index contributed by atoms with van der Waals surface area (Å²) in [6.45, 7) is 1.57. The van der Waals surface area contributed by atoms with Crippen LogP contribution in [-0.4, -0.2) is 47.8 Å². The smallest absolute Gasteiger partial charge is 0.252 e. The number of carbonyl (C=O) groups excluding carboxylic acids is 1. The first-order valence-electron chi connectivity index (χ1n) is 5.36. The number of likely N-dealkylation sites (tertiary alicyclic amines) is 1. The van der Waals surface area contributed by atoms with E-state index in [1.807, 2.05) is 0 Å². The summed E-state index contributed by atoms with van der Waals surface area (Å²) in [4.78, 5) is 13.7. The molecule has 2 saturated heterocycles. The SMILES string of the molecule is O=C([C@@H]1CCCO1)N1CCCC1CO. The predicted molar refractivity (Wildman–Crippen MR) is 50.8 cm³/mol. The van der Waals surface area contributed by atoms with Gasteiger partial charge in [-0.25, -0.2) is 0 Å². The molecule has 0 saturated carbocycles. The summed E-state index contributed by atoms with van der Waals surface area (Å²) < 4.78 is 5.35. The molecule has 2 rings (SSSR count). The highest BCUT2D eigenvalue weighted by Crippen LogP contribution is 2.22. The van der Waals surface area contributed by atoms with Gasteiger partial charge in [0.1, 0.15) is 6.10 Å². The van der Waals surface area contributed by atoms with Gasteiger partial charge >= 0.3 is 0 Å². The number of nitrogens with zero attached hydrogens (tertiary/aromatic N) is 1. The van der Waals surface area contributed by atoms with Gasteiger partial charge in [-0.3, -0.25) is 4.79 Å². The number of hydrogen-bond donors (Lipinski definition) is 1. The Morgan fingerprint density at radius 3 is 2.93 bits per heavy atom. The third kappa shape index (κ3) is 1.77. The van der Waals surface area contributed by atoms with E-state index in [4.69, 9.17) is 9.84 Å². The molecule has 0 spiro atoms. The maximum absolute atomic E-state index is 11.9. The Morgan fingerprint density at radius 1 is 1.43 bits per heavy atom. The highest BCUT2D eigenvalue weighted by molar-refractivity contribution is 5.81. The van der Waals surface area contributed by atoms with Crippen LogP contribution in [0.3, 0.4) is 0 Å². The van der Waals surface area contributed by atoms with Crippen molar-refractivity contribution in [2.45, 2.75) is 37.8 Å². The number of rotatable bonds is 2. The van der Waals surface area contributed by atoms with Crippen LogP contribution >= 0.6 is 0 Å². The Kier molecular flexibility index (Phi) is 3.03. The van der Waals surface area contributed by atoms with Crippen molar-refractivity contribution in [1.29, 1.82) is 0 Å². The maximum atomic E-state index is 11.9. The minimum absolute atomic E-state index is 0.0340. The summed E-state index contributed by atoms with van der Waals surface area (Å²) in [5, 5.41) is 9.09. The van der Waals surface area contributed by atoms with Crippen LogP contribution in [0.25, 0.3) is 0 Å². The molecule has 1 N–H and O–H groups in total. The second kappa shape index (κ2) is 4.28. The Hall–Kier alpha value is -0.610. The lowest BCUT2D eigenvalue weighted by atomic mass is 10.2. The molecule has 0 aromatic rings. The van der Waals surface area contributed by atoms with Crippen LogP contribution in [0.2, 0.25) is 0 Å². The average molecular weight is 199 g/mol. The number of hydrogen-bond acceptors (Lipinski definition) is 3. The normalized spacial score (nSPS) is 32.5. The van der Waals surface area contributed by atoms with Gasteiger partial charge in [0.2, 0.25) is 0 Å². The third-order valence-corrected chi connectivity index (χ3v) is 3.08. The molecule has 4 heteroatoms. The fourth-order valence-corrected chi connectivity index (χ4v) is 2.27. The molecule has 1 amide bonds. The van der Waals surface area contributed by atoms with Crippen molar-refractivity contribution in [3.8, 4) is 0 Å². The molecular weight excluding hydrogens is 182 g/mol.